The molecule has 1 N–H and O–H groups in total. The van der Waals surface area contributed by atoms with Gasteiger partial charge in [0.25, 0.3) is 10.0 Å². The van der Waals surface area contributed by atoms with E-state index < -0.39 is 10.0 Å². The molecule has 1 aliphatic heterocycles. The number of sulfonamides is 1. The molecule has 3 rings (SSSR count). The summed E-state index contributed by atoms with van der Waals surface area (Å²) in [6, 6.07) is 14.7. The number of nitrogens with one attached hydrogen (secondary N) is 1. The Kier molecular flexibility index (Phi) is 4.73. The van der Waals surface area contributed by atoms with E-state index in [0.717, 1.165) is 16.8 Å². The number of benzene rings is 2. The fourth-order valence-electron chi connectivity index (χ4n) is 2.13. The zero-order valence-electron chi connectivity index (χ0n) is 13.4. The van der Waals surface area contributed by atoms with Crippen molar-refractivity contribution in [1.29, 1.82) is 0 Å². The van der Waals surface area contributed by atoms with Crippen molar-refractivity contribution in [2.75, 3.05) is 5.75 Å². The summed E-state index contributed by atoms with van der Waals surface area (Å²) < 4.78 is 28.5. The number of hydrogen-bond donors (Lipinski definition) is 1. The zero-order valence-corrected chi connectivity index (χ0v) is 15.0. The highest BCUT2D eigenvalue weighted by Crippen LogP contribution is 2.18. The molecular formula is C17H17N3O2S2. The minimum Gasteiger partial charge on any atom is -0.255 e. The normalized spacial score (nSPS) is 16.6. The van der Waals surface area contributed by atoms with E-state index in [1.165, 1.54) is 17.3 Å². The SMILES string of the molecule is Cc1ccc(C2=NN/C(=N\S(=O)(=O)c3ccc(C)cc3)SC2)cc1. The van der Waals surface area contributed by atoms with Crippen LogP contribution >= 0.6 is 11.8 Å². The molecule has 0 spiro atoms. The lowest BCUT2D eigenvalue weighted by molar-refractivity contribution is 0.598. The number of hydrazone groups is 1. The predicted octanol–water partition coefficient (Wildman–Crippen LogP) is 3.09. The number of thioether (sulfide) groups is 1. The van der Waals surface area contributed by atoms with Crippen molar-refractivity contribution >= 4 is 32.7 Å². The lowest BCUT2D eigenvalue weighted by atomic mass is 10.1. The van der Waals surface area contributed by atoms with E-state index in [1.807, 2.05) is 38.1 Å². The first kappa shape index (κ1) is 16.7. The number of nitrogens with zero attached hydrogens (tertiary/aromatic N) is 2. The van der Waals surface area contributed by atoms with E-state index in [1.54, 1.807) is 24.3 Å². The monoisotopic (exact) mass is 359 g/mol. The Labute approximate surface area is 146 Å². The van der Waals surface area contributed by atoms with Gasteiger partial charge >= 0.3 is 0 Å². The van der Waals surface area contributed by atoms with E-state index in [2.05, 4.69) is 14.9 Å². The maximum absolute atomic E-state index is 12.3. The van der Waals surface area contributed by atoms with Gasteiger partial charge in [-0.1, -0.05) is 59.3 Å². The standard InChI is InChI=1S/C17H17N3O2S2/c1-12-3-7-14(8-4-12)16-11-23-17(19-18-16)20-24(21,22)15-9-5-13(2)6-10-15/h3-10H,11H2,1-2H3,(H,19,20). The minimum absolute atomic E-state index is 0.177. The summed E-state index contributed by atoms with van der Waals surface area (Å²) in [5, 5.41) is 4.54. The zero-order chi connectivity index (χ0) is 17.2. The van der Waals surface area contributed by atoms with Gasteiger partial charge in [-0.2, -0.15) is 13.5 Å². The van der Waals surface area contributed by atoms with Crippen LogP contribution in [0.5, 0.6) is 0 Å². The van der Waals surface area contributed by atoms with Gasteiger partial charge in [0.2, 0.25) is 0 Å². The molecular weight excluding hydrogens is 342 g/mol. The van der Waals surface area contributed by atoms with Crippen LogP contribution < -0.4 is 5.43 Å². The number of aryl methyl sites for hydroxylation is 2. The first-order chi connectivity index (χ1) is 11.4. The van der Waals surface area contributed by atoms with E-state index in [-0.39, 0.29) is 10.1 Å². The van der Waals surface area contributed by atoms with Crippen molar-refractivity contribution < 1.29 is 8.42 Å². The van der Waals surface area contributed by atoms with Crippen LogP contribution in [0.3, 0.4) is 0 Å². The van der Waals surface area contributed by atoms with Gasteiger partial charge in [-0.25, -0.2) is 0 Å². The molecule has 0 saturated heterocycles. The molecule has 0 amide bonds. The molecule has 0 fully saturated rings. The lowest BCUT2D eigenvalue weighted by Crippen LogP contribution is -2.26. The van der Waals surface area contributed by atoms with E-state index >= 15 is 0 Å². The Morgan fingerprint density at radius 1 is 1.00 bits per heavy atom. The van der Waals surface area contributed by atoms with Crippen LogP contribution in [0.15, 0.2) is 62.9 Å². The Balaban J connectivity index is 1.79. The predicted molar refractivity (Wildman–Crippen MR) is 99.1 cm³/mol. The van der Waals surface area contributed by atoms with Crippen LogP contribution in [0, 0.1) is 13.8 Å². The van der Waals surface area contributed by atoms with E-state index in [0.29, 0.717) is 5.75 Å². The minimum atomic E-state index is -3.73. The highest BCUT2D eigenvalue weighted by atomic mass is 32.2. The Morgan fingerprint density at radius 2 is 1.58 bits per heavy atom. The quantitative estimate of drug-likeness (QED) is 0.914. The molecule has 2 aromatic rings. The number of amidine groups is 1. The van der Waals surface area contributed by atoms with Crippen molar-refractivity contribution in [3.05, 3.63) is 65.2 Å². The van der Waals surface area contributed by atoms with Crippen LogP contribution in [-0.2, 0) is 10.0 Å². The molecule has 24 heavy (non-hydrogen) atoms. The Morgan fingerprint density at radius 3 is 2.12 bits per heavy atom. The van der Waals surface area contributed by atoms with Crippen LogP contribution in [0.2, 0.25) is 0 Å². The average molecular weight is 359 g/mol. The lowest BCUT2D eigenvalue weighted by Gasteiger charge is -2.14. The summed E-state index contributed by atoms with van der Waals surface area (Å²) in [5.74, 6) is 0.568. The molecule has 124 valence electrons. The van der Waals surface area contributed by atoms with Gasteiger partial charge in [-0.05, 0) is 31.5 Å². The van der Waals surface area contributed by atoms with Gasteiger partial charge in [0.05, 0.1) is 10.6 Å². The maximum atomic E-state index is 12.3. The van der Waals surface area contributed by atoms with Crippen molar-refractivity contribution in [3.63, 3.8) is 0 Å². The van der Waals surface area contributed by atoms with E-state index in [4.69, 9.17) is 0 Å². The number of rotatable bonds is 3. The molecule has 7 heteroatoms. The number of hydrogen-bond acceptors (Lipinski definition) is 4. The highest BCUT2D eigenvalue weighted by molar-refractivity contribution is 8.15. The highest BCUT2D eigenvalue weighted by Gasteiger charge is 2.18. The van der Waals surface area contributed by atoms with Crippen LogP contribution in [0.4, 0.5) is 0 Å². The molecule has 0 atom stereocenters. The molecule has 0 bridgehead atoms. The third-order valence-electron chi connectivity index (χ3n) is 3.54. The van der Waals surface area contributed by atoms with Gasteiger partial charge in [-0.3, -0.25) is 5.43 Å². The van der Waals surface area contributed by atoms with Crippen LogP contribution in [-0.4, -0.2) is 25.0 Å². The first-order valence-corrected chi connectivity index (χ1v) is 9.81. The smallest absolute Gasteiger partial charge is 0.255 e. The van der Waals surface area contributed by atoms with Gasteiger partial charge in [-0.15, -0.1) is 4.40 Å². The molecule has 5 nitrogen and oxygen atoms in total. The van der Waals surface area contributed by atoms with E-state index in [9.17, 15) is 8.42 Å². The first-order valence-electron chi connectivity index (χ1n) is 7.38. The third kappa shape index (κ3) is 3.85. The van der Waals surface area contributed by atoms with Crippen molar-refractivity contribution in [1.82, 2.24) is 5.43 Å². The largest absolute Gasteiger partial charge is 0.284 e. The summed E-state index contributed by atoms with van der Waals surface area (Å²) in [7, 11) is -3.73. The molecule has 0 saturated carbocycles. The van der Waals surface area contributed by atoms with Crippen LogP contribution in [0.1, 0.15) is 16.7 Å². The molecule has 0 radical (unpaired) electrons. The van der Waals surface area contributed by atoms with Crippen molar-refractivity contribution in [2.24, 2.45) is 9.50 Å². The van der Waals surface area contributed by atoms with Gasteiger partial charge in [0, 0.05) is 5.75 Å². The molecule has 1 aliphatic rings. The second-order valence-electron chi connectivity index (χ2n) is 5.51. The van der Waals surface area contributed by atoms with Gasteiger partial charge in [0.15, 0.2) is 5.17 Å². The second-order valence-corrected chi connectivity index (χ2v) is 8.08. The van der Waals surface area contributed by atoms with Gasteiger partial charge < -0.3 is 0 Å². The Hall–Kier alpha value is -2.12. The maximum Gasteiger partial charge on any atom is 0.284 e. The fourth-order valence-corrected chi connectivity index (χ4v) is 4.09. The fraction of sp³-hybridized carbons (Fsp3) is 0.176. The summed E-state index contributed by atoms with van der Waals surface area (Å²) in [6.07, 6.45) is 0. The molecule has 0 unspecified atom stereocenters. The van der Waals surface area contributed by atoms with Crippen molar-refractivity contribution in [2.45, 2.75) is 18.7 Å². The average Bonchev–Trinajstić information content (AvgIpc) is 2.56. The topological polar surface area (TPSA) is 70.9 Å². The summed E-state index contributed by atoms with van der Waals surface area (Å²) in [5.41, 5.74) is 6.81. The molecule has 0 aromatic heterocycles. The Bertz CT molecular complexity index is 900. The summed E-state index contributed by atoms with van der Waals surface area (Å²) in [6.45, 7) is 3.93. The summed E-state index contributed by atoms with van der Waals surface area (Å²) in [4.78, 5) is 0.177. The molecule has 2 aromatic carbocycles. The van der Waals surface area contributed by atoms with Crippen molar-refractivity contribution in [3.8, 4) is 0 Å². The molecule has 0 aliphatic carbocycles. The summed E-state index contributed by atoms with van der Waals surface area (Å²) >= 11 is 1.32. The van der Waals surface area contributed by atoms with Gasteiger partial charge in [0.1, 0.15) is 0 Å². The second kappa shape index (κ2) is 6.78. The third-order valence-corrected chi connectivity index (χ3v) is 5.82. The van der Waals surface area contributed by atoms with Crippen LogP contribution in [0.25, 0.3) is 0 Å². The molecule has 1 heterocycles.